The van der Waals surface area contributed by atoms with Crippen LogP contribution in [-0.4, -0.2) is 41.3 Å². The van der Waals surface area contributed by atoms with Gasteiger partial charge in [0.25, 0.3) is 11.6 Å². The van der Waals surface area contributed by atoms with Crippen molar-refractivity contribution in [3.05, 3.63) is 64.5 Å². The molecule has 152 valence electrons. The zero-order valence-electron chi connectivity index (χ0n) is 15.5. The van der Waals surface area contributed by atoms with Crippen LogP contribution in [0.5, 0.6) is 5.75 Å². The number of rotatable bonds is 6. The summed E-state index contributed by atoms with van der Waals surface area (Å²) in [5.41, 5.74) is 0.339. The molecule has 0 atom stereocenters. The molecule has 9 heteroatoms. The third-order valence-electron chi connectivity index (χ3n) is 4.74. The maximum Gasteiger partial charge on any atom is 0.272 e. The maximum atomic E-state index is 13.8. The van der Waals surface area contributed by atoms with Crippen LogP contribution in [0.15, 0.2) is 48.5 Å². The zero-order valence-corrected chi connectivity index (χ0v) is 15.5. The number of nitrogens with zero attached hydrogens (tertiary/aromatic N) is 2. The number of nitro benzene ring substituents is 1. The summed E-state index contributed by atoms with van der Waals surface area (Å²) in [6.45, 7) is 0.422. The molecule has 0 radical (unpaired) electrons. The van der Waals surface area contributed by atoms with E-state index in [1.807, 2.05) is 30.3 Å². The monoisotopic (exact) mass is 401 g/mol. The first-order chi connectivity index (χ1) is 13.9. The smallest absolute Gasteiger partial charge is 0.272 e. The molecular weight excluding hydrogens is 381 g/mol. The summed E-state index contributed by atoms with van der Waals surface area (Å²) in [5, 5.41) is 13.5. The Kier molecular flexibility index (Phi) is 6.38. The molecule has 0 unspecified atom stereocenters. The van der Waals surface area contributed by atoms with Crippen LogP contribution in [0, 0.1) is 21.8 Å². The highest BCUT2D eigenvalue weighted by molar-refractivity contribution is 5.92. The molecule has 0 spiro atoms. The molecule has 2 aromatic rings. The number of nitro groups is 1. The fourth-order valence-electron chi connectivity index (χ4n) is 3.11. The van der Waals surface area contributed by atoms with Crippen LogP contribution in [0.4, 0.5) is 15.8 Å². The second kappa shape index (κ2) is 9.13. The van der Waals surface area contributed by atoms with Crippen LogP contribution in [0.3, 0.4) is 0 Å². The summed E-state index contributed by atoms with van der Waals surface area (Å²) in [6.07, 6.45) is 1.05. The molecule has 0 aromatic heterocycles. The molecule has 1 aliphatic heterocycles. The van der Waals surface area contributed by atoms with Gasteiger partial charge in [-0.1, -0.05) is 18.2 Å². The highest BCUT2D eigenvalue weighted by Gasteiger charge is 2.27. The van der Waals surface area contributed by atoms with E-state index in [1.165, 1.54) is 0 Å². The molecule has 0 saturated carbocycles. The molecule has 0 bridgehead atoms. The van der Waals surface area contributed by atoms with Crippen LogP contribution in [0.2, 0.25) is 0 Å². The summed E-state index contributed by atoms with van der Waals surface area (Å²) in [7, 11) is 0. The first-order valence-electron chi connectivity index (χ1n) is 9.14. The average molecular weight is 401 g/mol. The third-order valence-corrected chi connectivity index (χ3v) is 4.74. The van der Waals surface area contributed by atoms with Gasteiger partial charge in [0.2, 0.25) is 5.91 Å². The Morgan fingerprint density at radius 2 is 1.86 bits per heavy atom. The van der Waals surface area contributed by atoms with Crippen molar-refractivity contribution in [3.63, 3.8) is 0 Å². The van der Waals surface area contributed by atoms with Crippen LogP contribution >= 0.6 is 0 Å². The molecular formula is C20H20FN3O5. The lowest BCUT2D eigenvalue weighted by Crippen LogP contribution is -2.43. The van der Waals surface area contributed by atoms with E-state index in [9.17, 15) is 24.1 Å². The van der Waals surface area contributed by atoms with Crippen molar-refractivity contribution < 1.29 is 23.6 Å². The van der Waals surface area contributed by atoms with Crippen LogP contribution < -0.4 is 10.1 Å². The Labute approximate surface area is 166 Å². The zero-order chi connectivity index (χ0) is 20.8. The van der Waals surface area contributed by atoms with E-state index in [2.05, 4.69) is 5.32 Å². The largest absolute Gasteiger partial charge is 0.481 e. The number of benzene rings is 2. The van der Waals surface area contributed by atoms with E-state index in [0.717, 1.165) is 23.9 Å². The quantitative estimate of drug-likeness (QED) is 0.592. The molecule has 1 fully saturated rings. The summed E-state index contributed by atoms with van der Waals surface area (Å²) in [6, 6.07) is 12.1. The van der Waals surface area contributed by atoms with Crippen molar-refractivity contribution in [2.75, 3.05) is 25.0 Å². The summed E-state index contributed by atoms with van der Waals surface area (Å²) in [4.78, 5) is 36.1. The van der Waals surface area contributed by atoms with Gasteiger partial charge in [0.1, 0.15) is 0 Å². The van der Waals surface area contributed by atoms with Crippen molar-refractivity contribution in [2.24, 2.45) is 5.92 Å². The molecule has 3 rings (SSSR count). The predicted octanol–water partition coefficient (Wildman–Crippen LogP) is 2.99. The van der Waals surface area contributed by atoms with Crippen LogP contribution in [0.25, 0.3) is 0 Å². The fraction of sp³-hybridized carbons (Fsp3) is 0.300. The molecule has 1 aliphatic rings. The van der Waals surface area contributed by atoms with Crippen molar-refractivity contribution in [1.29, 1.82) is 0 Å². The van der Waals surface area contributed by atoms with Gasteiger partial charge in [-0.05, 0) is 31.0 Å². The van der Waals surface area contributed by atoms with Crippen molar-refractivity contribution in [1.82, 2.24) is 4.90 Å². The summed E-state index contributed by atoms with van der Waals surface area (Å²) >= 11 is 0. The van der Waals surface area contributed by atoms with Gasteiger partial charge in [0.15, 0.2) is 18.2 Å². The van der Waals surface area contributed by atoms with Gasteiger partial charge in [-0.15, -0.1) is 0 Å². The standard InChI is InChI=1S/C20H20FN3O5/c21-17-12-16(24(27)28)6-7-18(17)29-13-19(25)23-10-8-14(9-11-23)20(26)22-15-4-2-1-3-5-15/h1-7,12,14H,8-11,13H2,(H,22,26). The Balaban J connectivity index is 1.46. The fourth-order valence-corrected chi connectivity index (χ4v) is 3.11. The predicted molar refractivity (Wildman–Crippen MR) is 103 cm³/mol. The van der Waals surface area contributed by atoms with Gasteiger partial charge in [-0.25, -0.2) is 4.39 Å². The number of hydrogen-bond donors (Lipinski definition) is 1. The second-order valence-corrected chi connectivity index (χ2v) is 6.67. The maximum absolute atomic E-state index is 13.8. The molecule has 8 nitrogen and oxygen atoms in total. The topological polar surface area (TPSA) is 102 Å². The minimum absolute atomic E-state index is 0.0764. The third kappa shape index (κ3) is 5.28. The molecule has 0 aliphatic carbocycles. The van der Waals surface area contributed by atoms with Crippen LogP contribution in [0.1, 0.15) is 12.8 Å². The lowest BCUT2D eigenvalue weighted by molar-refractivity contribution is -0.385. The van der Waals surface area contributed by atoms with Gasteiger partial charge in [-0.3, -0.25) is 19.7 Å². The van der Waals surface area contributed by atoms with E-state index in [4.69, 9.17) is 4.74 Å². The first-order valence-corrected chi connectivity index (χ1v) is 9.14. The minimum Gasteiger partial charge on any atom is -0.481 e. The van der Waals surface area contributed by atoms with Gasteiger partial charge in [-0.2, -0.15) is 0 Å². The first kappa shape index (κ1) is 20.2. The number of amides is 2. The number of halogens is 1. The van der Waals surface area contributed by atoms with Gasteiger partial charge in [0.05, 0.1) is 11.0 Å². The molecule has 1 heterocycles. The summed E-state index contributed by atoms with van der Waals surface area (Å²) < 4.78 is 19.0. The summed E-state index contributed by atoms with van der Waals surface area (Å²) in [5.74, 6) is -1.71. The number of carbonyl (C=O) groups is 2. The van der Waals surface area contributed by atoms with E-state index in [0.29, 0.717) is 25.9 Å². The number of piperidine rings is 1. The molecule has 2 aromatic carbocycles. The Hall–Kier alpha value is -3.49. The van der Waals surface area contributed by atoms with Crippen molar-refractivity contribution >= 4 is 23.2 Å². The molecule has 2 amide bonds. The molecule has 1 N–H and O–H groups in total. The second-order valence-electron chi connectivity index (χ2n) is 6.67. The van der Waals surface area contributed by atoms with Crippen LogP contribution in [-0.2, 0) is 9.59 Å². The number of para-hydroxylation sites is 1. The van der Waals surface area contributed by atoms with Crippen molar-refractivity contribution in [2.45, 2.75) is 12.8 Å². The van der Waals surface area contributed by atoms with E-state index in [-0.39, 0.29) is 30.1 Å². The normalized spacial score (nSPS) is 14.3. The lowest BCUT2D eigenvalue weighted by atomic mass is 9.95. The highest BCUT2D eigenvalue weighted by Crippen LogP contribution is 2.23. The molecule has 1 saturated heterocycles. The number of anilines is 1. The van der Waals surface area contributed by atoms with Gasteiger partial charge < -0.3 is 15.0 Å². The number of hydrogen-bond acceptors (Lipinski definition) is 5. The van der Waals surface area contributed by atoms with E-state index in [1.54, 1.807) is 4.90 Å². The minimum atomic E-state index is -0.900. The Morgan fingerprint density at radius 1 is 1.17 bits per heavy atom. The number of non-ortho nitro benzene ring substituents is 1. The number of carbonyl (C=O) groups excluding carboxylic acids is 2. The lowest BCUT2D eigenvalue weighted by Gasteiger charge is -2.31. The van der Waals surface area contributed by atoms with Gasteiger partial charge >= 0.3 is 0 Å². The SMILES string of the molecule is O=C(Nc1ccccc1)C1CCN(C(=O)COc2ccc([N+](=O)[O-])cc2F)CC1. The number of ether oxygens (including phenoxy) is 1. The number of nitrogens with one attached hydrogen (secondary N) is 1. The Bertz CT molecular complexity index is 898. The average Bonchev–Trinajstić information content (AvgIpc) is 2.73. The highest BCUT2D eigenvalue weighted by atomic mass is 19.1. The molecule has 29 heavy (non-hydrogen) atoms. The van der Waals surface area contributed by atoms with E-state index >= 15 is 0 Å². The number of likely N-dealkylation sites (tertiary alicyclic amines) is 1. The van der Waals surface area contributed by atoms with Gasteiger partial charge in [0, 0.05) is 30.8 Å². The van der Waals surface area contributed by atoms with E-state index < -0.39 is 16.4 Å². The Morgan fingerprint density at radius 3 is 2.48 bits per heavy atom. The van der Waals surface area contributed by atoms with Crippen molar-refractivity contribution in [3.8, 4) is 5.75 Å².